The maximum absolute atomic E-state index is 5.22. The van der Waals surface area contributed by atoms with Crippen molar-refractivity contribution in [1.82, 2.24) is 5.32 Å². The molecule has 16 heavy (non-hydrogen) atoms. The van der Waals surface area contributed by atoms with Crippen LogP contribution in [0.15, 0.2) is 0 Å². The molecule has 1 N–H and O–H groups in total. The smallest absolute Gasteiger partial charge is 0.0497 e. The molecule has 0 saturated carbocycles. The van der Waals surface area contributed by atoms with Crippen LogP contribution in [0.1, 0.15) is 40.5 Å². The highest BCUT2D eigenvalue weighted by Gasteiger charge is 2.18. The summed E-state index contributed by atoms with van der Waals surface area (Å²) in [5.41, 5.74) is 0. The molecule has 2 fully saturated rings. The number of ether oxygens (including phenoxy) is 1. The van der Waals surface area contributed by atoms with Crippen LogP contribution in [0.5, 0.6) is 0 Å². The fraction of sp³-hybridized carbons (Fsp3) is 1.00. The van der Waals surface area contributed by atoms with E-state index in [9.17, 15) is 0 Å². The average molecular weight is 227 g/mol. The van der Waals surface area contributed by atoms with Crippen LogP contribution in [-0.2, 0) is 4.74 Å². The standard InChI is InChI=1S/C7H15N.C7H14O/c2*1-6(2)7-3-4-8-5-7/h6-8H,3-5H2,1-2H3;6-7H,3-5H2,1-2H3. The highest BCUT2D eigenvalue weighted by atomic mass is 16.5. The minimum absolute atomic E-state index is 0.817. The largest absolute Gasteiger partial charge is 0.381 e. The Labute approximate surface area is 101 Å². The molecule has 0 aromatic rings. The molecule has 0 aromatic heterocycles. The lowest BCUT2D eigenvalue weighted by molar-refractivity contribution is 0.177. The SMILES string of the molecule is CC(C)C1CCNC1.CC(C)C1CCOC1. The Morgan fingerprint density at radius 2 is 1.69 bits per heavy atom. The number of nitrogens with one attached hydrogen (secondary N) is 1. The van der Waals surface area contributed by atoms with Crippen molar-refractivity contribution < 1.29 is 4.74 Å². The summed E-state index contributed by atoms with van der Waals surface area (Å²) in [6, 6.07) is 0. The monoisotopic (exact) mass is 227 g/mol. The van der Waals surface area contributed by atoms with E-state index in [0.717, 1.165) is 36.9 Å². The van der Waals surface area contributed by atoms with E-state index in [1.807, 2.05) is 0 Å². The van der Waals surface area contributed by atoms with Gasteiger partial charge in [-0.2, -0.15) is 0 Å². The topological polar surface area (TPSA) is 21.3 Å². The number of hydrogen-bond acceptors (Lipinski definition) is 2. The Morgan fingerprint density at radius 3 is 1.94 bits per heavy atom. The van der Waals surface area contributed by atoms with Gasteiger partial charge in [0.1, 0.15) is 0 Å². The van der Waals surface area contributed by atoms with Crippen molar-refractivity contribution >= 4 is 0 Å². The summed E-state index contributed by atoms with van der Waals surface area (Å²) < 4.78 is 5.22. The van der Waals surface area contributed by atoms with Crippen molar-refractivity contribution in [2.45, 2.75) is 40.5 Å². The first-order valence-electron chi connectivity index (χ1n) is 6.89. The first kappa shape index (κ1) is 14.0. The van der Waals surface area contributed by atoms with Gasteiger partial charge in [-0.15, -0.1) is 0 Å². The summed E-state index contributed by atoms with van der Waals surface area (Å²) in [6.07, 6.45) is 2.66. The zero-order valence-electron chi connectivity index (χ0n) is 11.5. The van der Waals surface area contributed by atoms with E-state index in [2.05, 4.69) is 33.0 Å². The molecule has 0 radical (unpaired) electrons. The molecule has 2 rings (SSSR count). The van der Waals surface area contributed by atoms with E-state index < -0.39 is 0 Å². The summed E-state index contributed by atoms with van der Waals surface area (Å²) in [5, 5.41) is 3.35. The molecule has 2 heterocycles. The quantitative estimate of drug-likeness (QED) is 0.783. The van der Waals surface area contributed by atoms with E-state index >= 15 is 0 Å². The lowest BCUT2D eigenvalue weighted by Crippen LogP contribution is -2.12. The highest BCUT2D eigenvalue weighted by Crippen LogP contribution is 2.20. The molecule has 2 atom stereocenters. The van der Waals surface area contributed by atoms with Crippen LogP contribution in [0.2, 0.25) is 0 Å². The molecular weight excluding hydrogens is 198 g/mol. The lowest BCUT2D eigenvalue weighted by atomic mass is 9.96. The normalized spacial score (nSPS) is 29.6. The van der Waals surface area contributed by atoms with Gasteiger partial charge < -0.3 is 10.1 Å². The Morgan fingerprint density at radius 1 is 1.00 bits per heavy atom. The summed E-state index contributed by atoms with van der Waals surface area (Å²) in [5.74, 6) is 3.49. The summed E-state index contributed by atoms with van der Waals surface area (Å²) in [6.45, 7) is 13.6. The van der Waals surface area contributed by atoms with E-state index in [0.29, 0.717) is 0 Å². The van der Waals surface area contributed by atoms with Crippen LogP contribution in [0.4, 0.5) is 0 Å². The predicted molar refractivity (Wildman–Crippen MR) is 69.6 cm³/mol. The highest BCUT2D eigenvalue weighted by molar-refractivity contribution is 4.72. The van der Waals surface area contributed by atoms with Crippen LogP contribution in [0.3, 0.4) is 0 Å². The molecule has 96 valence electrons. The lowest BCUT2D eigenvalue weighted by Gasteiger charge is -2.10. The Balaban J connectivity index is 0.000000160. The third-order valence-corrected chi connectivity index (χ3v) is 3.95. The van der Waals surface area contributed by atoms with Gasteiger partial charge in [-0.3, -0.25) is 0 Å². The molecule has 2 saturated heterocycles. The molecule has 0 aromatic carbocycles. The van der Waals surface area contributed by atoms with Gasteiger partial charge in [-0.1, -0.05) is 27.7 Å². The Bertz CT molecular complexity index is 148. The van der Waals surface area contributed by atoms with Crippen molar-refractivity contribution in [3.63, 3.8) is 0 Å². The van der Waals surface area contributed by atoms with Crippen LogP contribution < -0.4 is 5.32 Å². The molecule has 0 amide bonds. The van der Waals surface area contributed by atoms with Gasteiger partial charge in [-0.25, -0.2) is 0 Å². The zero-order chi connectivity index (χ0) is 12.0. The molecule has 2 heteroatoms. The van der Waals surface area contributed by atoms with Crippen molar-refractivity contribution in [3.8, 4) is 0 Å². The Hall–Kier alpha value is -0.0800. The first-order chi connectivity index (χ1) is 7.61. The van der Waals surface area contributed by atoms with Gasteiger partial charge in [0.15, 0.2) is 0 Å². The number of hydrogen-bond donors (Lipinski definition) is 1. The molecular formula is C14H29NO. The van der Waals surface area contributed by atoms with Crippen LogP contribution in [0, 0.1) is 23.7 Å². The second-order valence-electron chi connectivity index (χ2n) is 5.86. The predicted octanol–water partition coefficient (Wildman–Crippen LogP) is 2.93. The third-order valence-electron chi connectivity index (χ3n) is 3.95. The molecule has 0 spiro atoms. The van der Waals surface area contributed by atoms with Crippen LogP contribution in [-0.4, -0.2) is 26.3 Å². The molecule has 2 aliphatic heterocycles. The first-order valence-corrected chi connectivity index (χ1v) is 6.89. The molecule has 2 unspecified atom stereocenters. The van der Waals surface area contributed by atoms with Crippen molar-refractivity contribution in [3.05, 3.63) is 0 Å². The molecule has 2 aliphatic rings. The van der Waals surface area contributed by atoms with Crippen molar-refractivity contribution in [2.75, 3.05) is 26.3 Å². The van der Waals surface area contributed by atoms with Gasteiger partial charge >= 0.3 is 0 Å². The van der Waals surface area contributed by atoms with Crippen molar-refractivity contribution in [1.29, 1.82) is 0 Å². The van der Waals surface area contributed by atoms with Gasteiger partial charge in [0.25, 0.3) is 0 Å². The second-order valence-corrected chi connectivity index (χ2v) is 5.86. The van der Waals surface area contributed by atoms with E-state index in [4.69, 9.17) is 4.74 Å². The summed E-state index contributed by atoms with van der Waals surface area (Å²) in [7, 11) is 0. The average Bonchev–Trinajstić information content (AvgIpc) is 2.93. The van der Waals surface area contributed by atoms with Crippen LogP contribution in [0.25, 0.3) is 0 Å². The molecule has 0 aliphatic carbocycles. The summed E-state index contributed by atoms with van der Waals surface area (Å²) >= 11 is 0. The second kappa shape index (κ2) is 7.29. The van der Waals surface area contributed by atoms with Gasteiger partial charge in [0.05, 0.1) is 0 Å². The minimum Gasteiger partial charge on any atom is -0.381 e. The third kappa shape index (κ3) is 4.84. The van der Waals surface area contributed by atoms with E-state index in [-0.39, 0.29) is 0 Å². The van der Waals surface area contributed by atoms with Crippen molar-refractivity contribution in [2.24, 2.45) is 23.7 Å². The van der Waals surface area contributed by atoms with Gasteiger partial charge in [-0.05, 0) is 49.6 Å². The van der Waals surface area contributed by atoms with Gasteiger partial charge in [0, 0.05) is 13.2 Å². The molecule has 0 bridgehead atoms. The maximum Gasteiger partial charge on any atom is 0.0497 e. The minimum atomic E-state index is 0.817. The Kier molecular flexibility index (Phi) is 6.37. The van der Waals surface area contributed by atoms with Crippen LogP contribution >= 0.6 is 0 Å². The fourth-order valence-corrected chi connectivity index (χ4v) is 2.32. The van der Waals surface area contributed by atoms with E-state index in [1.165, 1.54) is 25.9 Å². The summed E-state index contributed by atoms with van der Waals surface area (Å²) in [4.78, 5) is 0. The molecule has 2 nitrogen and oxygen atoms in total. The number of rotatable bonds is 2. The van der Waals surface area contributed by atoms with Gasteiger partial charge in [0.2, 0.25) is 0 Å². The van der Waals surface area contributed by atoms with E-state index in [1.54, 1.807) is 0 Å². The maximum atomic E-state index is 5.22. The zero-order valence-corrected chi connectivity index (χ0v) is 11.5. The fourth-order valence-electron chi connectivity index (χ4n) is 2.32.